The van der Waals surface area contributed by atoms with Crippen molar-refractivity contribution in [2.24, 2.45) is 0 Å². The molecule has 0 saturated carbocycles. The van der Waals surface area contributed by atoms with Crippen LogP contribution < -0.4 is 16.4 Å². The van der Waals surface area contributed by atoms with E-state index in [-0.39, 0.29) is 5.91 Å². The molecule has 1 heterocycles. The zero-order valence-electron chi connectivity index (χ0n) is 15.9. The van der Waals surface area contributed by atoms with Crippen molar-refractivity contribution in [2.45, 2.75) is 12.6 Å². The Bertz CT molecular complexity index is 1110. The number of benzene rings is 3. The van der Waals surface area contributed by atoms with Crippen LogP contribution in [0.3, 0.4) is 0 Å². The van der Waals surface area contributed by atoms with Gasteiger partial charge in [0.2, 0.25) is 5.91 Å². The van der Waals surface area contributed by atoms with Crippen molar-refractivity contribution in [3.05, 3.63) is 102 Å². The number of aromatic nitrogens is 1. The second-order valence-corrected chi connectivity index (χ2v) is 6.82. The summed E-state index contributed by atoms with van der Waals surface area (Å²) in [7, 11) is 0. The molecule has 144 valence electrons. The highest BCUT2D eigenvalue weighted by molar-refractivity contribution is 5.93. The molecule has 5 heteroatoms. The normalized spacial score (nSPS) is 11.7. The number of nitrogens with two attached hydrogens (primary N) is 1. The van der Waals surface area contributed by atoms with E-state index in [1.807, 2.05) is 84.9 Å². The zero-order chi connectivity index (χ0) is 20.1. The van der Waals surface area contributed by atoms with Gasteiger partial charge in [-0.3, -0.25) is 4.79 Å². The van der Waals surface area contributed by atoms with Gasteiger partial charge < -0.3 is 16.4 Å². The Balaban J connectivity index is 1.58. The average molecular weight is 382 g/mol. The number of hydrogen-bond acceptors (Lipinski definition) is 4. The first-order valence-electron chi connectivity index (χ1n) is 9.48. The van der Waals surface area contributed by atoms with Crippen LogP contribution in [0.4, 0.5) is 11.5 Å². The van der Waals surface area contributed by atoms with Gasteiger partial charge in [0.05, 0.1) is 0 Å². The first kappa shape index (κ1) is 18.5. The van der Waals surface area contributed by atoms with Gasteiger partial charge in [0.1, 0.15) is 11.9 Å². The van der Waals surface area contributed by atoms with Crippen molar-refractivity contribution in [1.82, 2.24) is 10.3 Å². The third kappa shape index (κ3) is 4.35. The molecular weight excluding hydrogens is 360 g/mol. The lowest BCUT2D eigenvalue weighted by Crippen LogP contribution is -2.33. The Morgan fingerprint density at radius 1 is 0.931 bits per heavy atom. The van der Waals surface area contributed by atoms with E-state index in [0.717, 1.165) is 27.6 Å². The number of fused-ring (bicyclic) bond motifs is 1. The molecule has 1 aromatic heterocycles. The highest BCUT2D eigenvalue weighted by Gasteiger charge is 2.20. The van der Waals surface area contributed by atoms with Gasteiger partial charge in [0.25, 0.3) is 0 Å². The third-order valence-electron chi connectivity index (χ3n) is 4.81. The number of pyridine rings is 1. The summed E-state index contributed by atoms with van der Waals surface area (Å²) in [4.78, 5) is 17.2. The molecule has 29 heavy (non-hydrogen) atoms. The van der Waals surface area contributed by atoms with Crippen LogP contribution in [0.25, 0.3) is 10.8 Å². The fourth-order valence-electron chi connectivity index (χ4n) is 3.29. The molecule has 0 spiro atoms. The standard InChI is InChI=1S/C24H22N4O/c25-23-21-12-11-20(15-19(21)13-14-26-23)28-22(18-9-5-2-6-10-18)24(29)27-16-17-7-3-1-4-8-17/h1-15,22,28H,16H2,(H2,25,26)(H,27,29). The summed E-state index contributed by atoms with van der Waals surface area (Å²) in [5.74, 6) is 0.406. The van der Waals surface area contributed by atoms with E-state index in [1.54, 1.807) is 6.20 Å². The molecule has 4 rings (SSSR count). The monoisotopic (exact) mass is 382 g/mol. The van der Waals surface area contributed by atoms with Crippen LogP contribution in [-0.4, -0.2) is 10.9 Å². The van der Waals surface area contributed by atoms with Crippen molar-refractivity contribution in [3.63, 3.8) is 0 Å². The maximum Gasteiger partial charge on any atom is 0.247 e. The molecule has 4 aromatic rings. The van der Waals surface area contributed by atoms with E-state index in [9.17, 15) is 4.79 Å². The van der Waals surface area contributed by atoms with Crippen molar-refractivity contribution in [3.8, 4) is 0 Å². The number of anilines is 2. The highest BCUT2D eigenvalue weighted by atomic mass is 16.2. The lowest BCUT2D eigenvalue weighted by molar-refractivity contribution is -0.122. The minimum Gasteiger partial charge on any atom is -0.383 e. The molecule has 0 aliphatic carbocycles. The molecule has 0 saturated heterocycles. The number of rotatable bonds is 6. The Kier molecular flexibility index (Phi) is 5.38. The third-order valence-corrected chi connectivity index (χ3v) is 4.81. The fourth-order valence-corrected chi connectivity index (χ4v) is 3.29. The molecule has 0 aliphatic heterocycles. The lowest BCUT2D eigenvalue weighted by atomic mass is 10.0. The quantitative estimate of drug-likeness (QED) is 0.465. The summed E-state index contributed by atoms with van der Waals surface area (Å²) in [6.07, 6.45) is 1.68. The first-order chi connectivity index (χ1) is 14.2. The van der Waals surface area contributed by atoms with Gasteiger partial charge in [-0.05, 0) is 40.8 Å². The number of nitrogen functional groups attached to an aromatic ring is 1. The summed E-state index contributed by atoms with van der Waals surface area (Å²) in [5.41, 5.74) is 8.74. The number of amides is 1. The van der Waals surface area contributed by atoms with E-state index < -0.39 is 6.04 Å². The summed E-state index contributed by atoms with van der Waals surface area (Å²) >= 11 is 0. The molecule has 1 unspecified atom stereocenters. The van der Waals surface area contributed by atoms with Crippen LogP contribution in [0.5, 0.6) is 0 Å². The molecule has 1 atom stereocenters. The van der Waals surface area contributed by atoms with Gasteiger partial charge in [-0.1, -0.05) is 60.7 Å². The van der Waals surface area contributed by atoms with E-state index in [4.69, 9.17) is 5.73 Å². The number of nitrogens with zero attached hydrogens (tertiary/aromatic N) is 1. The molecule has 0 bridgehead atoms. The number of nitrogens with one attached hydrogen (secondary N) is 2. The Hall–Kier alpha value is -3.86. The van der Waals surface area contributed by atoms with Crippen LogP contribution in [0.15, 0.2) is 91.1 Å². The summed E-state index contributed by atoms with van der Waals surface area (Å²) in [6, 6.07) is 26.8. The van der Waals surface area contributed by atoms with Crippen LogP contribution in [-0.2, 0) is 11.3 Å². The van der Waals surface area contributed by atoms with Crippen molar-refractivity contribution < 1.29 is 4.79 Å². The zero-order valence-corrected chi connectivity index (χ0v) is 15.9. The minimum absolute atomic E-state index is 0.0885. The van der Waals surface area contributed by atoms with Crippen LogP contribution in [0.2, 0.25) is 0 Å². The fraction of sp³-hybridized carbons (Fsp3) is 0.0833. The molecule has 1 amide bonds. The largest absolute Gasteiger partial charge is 0.383 e. The number of carbonyl (C=O) groups excluding carboxylic acids is 1. The van der Waals surface area contributed by atoms with Crippen molar-refractivity contribution in [1.29, 1.82) is 0 Å². The van der Waals surface area contributed by atoms with Gasteiger partial charge in [0.15, 0.2) is 0 Å². The average Bonchev–Trinajstić information content (AvgIpc) is 2.77. The topological polar surface area (TPSA) is 80.0 Å². The number of carbonyl (C=O) groups is 1. The van der Waals surface area contributed by atoms with E-state index >= 15 is 0 Å². The van der Waals surface area contributed by atoms with E-state index in [0.29, 0.717) is 12.4 Å². The summed E-state index contributed by atoms with van der Waals surface area (Å²) in [5, 5.41) is 8.27. The second-order valence-electron chi connectivity index (χ2n) is 6.82. The predicted molar refractivity (Wildman–Crippen MR) is 117 cm³/mol. The van der Waals surface area contributed by atoms with Crippen molar-refractivity contribution in [2.75, 3.05) is 11.1 Å². The second kappa shape index (κ2) is 8.44. The molecular formula is C24H22N4O. The first-order valence-corrected chi connectivity index (χ1v) is 9.48. The smallest absolute Gasteiger partial charge is 0.247 e. The van der Waals surface area contributed by atoms with Crippen LogP contribution in [0, 0.1) is 0 Å². The summed E-state index contributed by atoms with van der Waals surface area (Å²) in [6.45, 7) is 0.477. The molecule has 0 fully saturated rings. The van der Waals surface area contributed by atoms with Crippen LogP contribution >= 0.6 is 0 Å². The van der Waals surface area contributed by atoms with Gasteiger partial charge in [0, 0.05) is 23.8 Å². The maximum absolute atomic E-state index is 13.0. The molecule has 5 nitrogen and oxygen atoms in total. The van der Waals surface area contributed by atoms with Gasteiger partial charge >= 0.3 is 0 Å². The maximum atomic E-state index is 13.0. The molecule has 0 aliphatic rings. The van der Waals surface area contributed by atoms with E-state index in [2.05, 4.69) is 15.6 Å². The lowest BCUT2D eigenvalue weighted by Gasteiger charge is -2.20. The SMILES string of the molecule is Nc1nccc2cc(NC(C(=O)NCc3ccccc3)c3ccccc3)ccc12. The highest BCUT2D eigenvalue weighted by Crippen LogP contribution is 2.26. The molecule has 4 N–H and O–H groups in total. The minimum atomic E-state index is -0.517. The van der Waals surface area contributed by atoms with Crippen LogP contribution in [0.1, 0.15) is 17.2 Å². The molecule has 3 aromatic carbocycles. The Morgan fingerprint density at radius 3 is 2.41 bits per heavy atom. The van der Waals surface area contributed by atoms with Gasteiger partial charge in [-0.15, -0.1) is 0 Å². The predicted octanol–water partition coefficient (Wildman–Crippen LogP) is 4.29. The number of hydrogen-bond donors (Lipinski definition) is 3. The van der Waals surface area contributed by atoms with Gasteiger partial charge in [-0.2, -0.15) is 0 Å². The molecule has 0 radical (unpaired) electrons. The van der Waals surface area contributed by atoms with E-state index in [1.165, 1.54) is 0 Å². The Morgan fingerprint density at radius 2 is 1.66 bits per heavy atom. The Labute approximate surface area is 169 Å². The van der Waals surface area contributed by atoms with Gasteiger partial charge in [-0.25, -0.2) is 4.98 Å². The van der Waals surface area contributed by atoms with Crippen molar-refractivity contribution >= 4 is 28.2 Å². The summed E-state index contributed by atoms with van der Waals surface area (Å²) < 4.78 is 0.